The fourth-order valence-electron chi connectivity index (χ4n) is 2.93. The SMILES string of the molecule is Cc1cc(C(=O)OC(C)C(=O)Nc2ccccc2C#N)c2c(C)nn(C)c2n1. The minimum Gasteiger partial charge on any atom is -0.449 e. The number of aromatic nitrogens is 3. The molecule has 1 atom stereocenters. The monoisotopic (exact) mass is 377 g/mol. The zero-order valence-corrected chi connectivity index (χ0v) is 16.0. The van der Waals surface area contributed by atoms with Crippen molar-refractivity contribution in [2.45, 2.75) is 26.9 Å². The molecule has 0 saturated heterocycles. The van der Waals surface area contributed by atoms with Crippen LogP contribution >= 0.6 is 0 Å². The highest BCUT2D eigenvalue weighted by atomic mass is 16.5. The smallest absolute Gasteiger partial charge is 0.339 e. The largest absolute Gasteiger partial charge is 0.449 e. The number of anilines is 1. The number of esters is 1. The first kappa shape index (κ1) is 19.0. The molecule has 1 aromatic carbocycles. The van der Waals surface area contributed by atoms with Gasteiger partial charge in [0.15, 0.2) is 11.8 Å². The number of carbonyl (C=O) groups excluding carboxylic acids is 2. The number of fused-ring (bicyclic) bond motifs is 1. The summed E-state index contributed by atoms with van der Waals surface area (Å²) in [5.74, 6) is -1.16. The lowest BCUT2D eigenvalue weighted by molar-refractivity contribution is -0.123. The van der Waals surface area contributed by atoms with E-state index in [1.165, 1.54) is 6.92 Å². The Balaban J connectivity index is 1.82. The number of nitrogens with one attached hydrogen (secondary N) is 1. The number of nitrogens with zero attached hydrogens (tertiary/aromatic N) is 4. The van der Waals surface area contributed by atoms with E-state index in [1.54, 1.807) is 55.9 Å². The summed E-state index contributed by atoms with van der Waals surface area (Å²) in [5, 5.41) is 16.6. The number of benzene rings is 1. The molecule has 8 nitrogen and oxygen atoms in total. The maximum atomic E-state index is 12.7. The van der Waals surface area contributed by atoms with Crippen molar-refractivity contribution >= 4 is 28.6 Å². The van der Waals surface area contributed by atoms with Gasteiger partial charge in [0.25, 0.3) is 5.91 Å². The molecule has 1 amide bonds. The molecule has 0 aliphatic carbocycles. The van der Waals surface area contributed by atoms with Crippen molar-refractivity contribution < 1.29 is 14.3 Å². The molecular formula is C20H19N5O3. The molecule has 0 aliphatic rings. The van der Waals surface area contributed by atoms with E-state index >= 15 is 0 Å². The van der Waals surface area contributed by atoms with Gasteiger partial charge in [-0.25, -0.2) is 9.78 Å². The molecule has 0 radical (unpaired) electrons. The highest BCUT2D eigenvalue weighted by Gasteiger charge is 2.23. The molecule has 0 aliphatic heterocycles. The van der Waals surface area contributed by atoms with Crippen molar-refractivity contribution in [1.82, 2.24) is 14.8 Å². The standard InChI is InChI=1S/C20H19N5O3/c1-11-9-15(17-12(2)24-25(4)18(17)22-11)20(27)28-13(3)19(26)23-16-8-6-5-7-14(16)10-21/h5-9,13H,1-4H3,(H,23,26). The summed E-state index contributed by atoms with van der Waals surface area (Å²) >= 11 is 0. The van der Waals surface area contributed by atoms with Crippen LogP contribution in [0.5, 0.6) is 0 Å². The number of para-hydroxylation sites is 1. The number of amides is 1. The summed E-state index contributed by atoms with van der Waals surface area (Å²) in [6, 6.07) is 10.2. The van der Waals surface area contributed by atoms with Crippen LogP contribution in [0.15, 0.2) is 30.3 Å². The summed E-state index contributed by atoms with van der Waals surface area (Å²) in [6.07, 6.45) is -1.06. The fraction of sp³-hybridized carbons (Fsp3) is 0.250. The number of hydrogen-bond acceptors (Lipinski definition) is 6. The first-order chi connectivity index (χ1) is 13.3. The second-order valence-electron chi connectivity index (χ2n) is 6.41. The number of nitriles is 1. The van der Waals surface area contributed by atoms with Gasteiger partial charge in [-0.05, 0) is 39.0 Å². The Kier molecular flexibility index (Phi) is 5.09. The molecule has 2 aromatic heterocycles. The van der Waals surface area contributed by atoms with Gasteiger partial charge in [-0.3, -0.25) is 9.48 Å². The van der Waals surface area contributed by atoms with Crippen LogP contribution in [-0.4, -0.2) is 32.7 Å². The zero-order valence-electron chi connectivity index (χ0n) is 16.0. The number of rotatable bonds is 4. The van der Waals surface area contributed by atoms with Gasteiger partial charge < -0.3 is 10.1 Å². The summed E-state index contributed by atoms with van der Waals surface area (Å²) in [7, 11) is 1.75. The van der Waals surface area contributed by atoms with Crippen LogP contribution in [-0.2, 0) is 16.6 Å². The van der Waals surface area contributed by atoms with Gasteiger partial charge in [0, 0.05) is 12.7 Å². The van der Waals surface area contributed by atoms with Crippen molar-refractivity contribution in [2.75, 3.05) is 5.32 Å². The van der Waals surface area contributed by atoms with E-state index in [0.29, 0.717) is 39.2 Å². The average Bonchev–Trinajstić information content (AvgIpc) is 2.95. The third kappa shape index (κ3) is 3.55. The second kappa shape index (κ2) is 7.48. The molecule has 8 heteroatoms. The van der Waals surface area contributed by atoms with E-state index in [1.807, 2.05) is 6.07 Å². The van der Waals surface area contributed by atoms with Crippen LogP contribution < -0.4 is 5.32 Å². The van der Waals surface area contributed by atoms with Crippen LogP contribution in [0.4, 0.5) is 5.69 Å². The Morgan fingerprint density at radius 3 is 2.71 bits per heavy atom. The molecule has 3 rings (SSSR count). The quantitative estimate of drug-likeness (QED) is 0.700. The van der Waals surface area contributed by atoms with Crippen LogP contribution in [0, 0.1) is 25.2 Å². The molecule has 0 saturated carbocycles. The predicted octanol–water partition coefficient (Wildman–Crippen LogP) is 2.64. The van der Waals surface area contributed by atoms with E-state index in [9.17, 15) is 9.59 Å². The van der Waals surface area contributed by atoms with Gasteiger partial charge in [-0.2, -0.15) is 10.4 Å². The molecule has 3 aromatic rings. The molecule has 2 heterocycles. The molecule has 0 spiro atoms. The second-order valence-corrected chi connectivity index (χ2v) is 6.41. The van der Waals surface area contributed by atoms with E-state index in [4.69, 9.17) is 10.00 Å². The molecule has 28 heavy (non-hydrogen) atoms. The minimum atomic E-state index is -1.06. The van der Waals surface area contributed by atoms with E-state index < -0.39 is 18.0 Å². The molecule has 1 unspecified atom stereocenters. The lowest BCUT2D eigenvalue weighted by atomic mass is 10.1. The van der Waals surface area contributed by atoms with Gasteiger partial charge in [-0.1, -0.05) is 12.1 Å². The summed E-state index contributed by atoms with van der Waals surface area (Å²) in [6.45, 7) is 5.03. The number of hydrogen-bond donors (Lipinski definition) is 1. The van der Waals surface area contributed by atoms with Crippen LogP contribution in [0.2, 0.25) is 0 Å². The first-order valence-electron chi connectivity index (χ1n) is 8.63. The molecular weight excluding hydrogens is 358 g/mol. The third-order valence-corrected chi connectivity index (χ3v) is 4.28. The van der Waals surface area contributed by atoms with Gasteiger partial charge in [-0.15, -0.1) is 0 Å². The van der Waals surface area contributed by atoms with Crippen molar-refractivity contribution in [3.63, 3.8) is 0 Å². The van der Waals surface area contributed by atoms with Crippen molar-refractivity contribution in [3.8, 4) is 6.07 Å². The summed E-state index contributed by atoms with van der Waals surface area (Å²) < 4.78 is 6.97. The molecule has 1 N–H and O–H groups in total. The van der Waals surface area contributed by atoms with Gasteiger partial charge in [0.1, 0.15) is 6.07 Å². The Bertz CT molecular complexity index is 1130. The lowest BCUT2D eigenvalue weighted by Gasteiger charge is -2.15. The Hall–Kier alpha value is -3.73. The number of pyridine rings is 1. The van der Waals surface area contributed by atoms with Gasteiger partial charge >= 0.3 is 5.97 Å². The van der Waals surface area contributed by atoms with E-state index in [0.717, 1.165) is 0 Å². The minimum absolute atomic E-state index is 0.310. The molecule has 0 fully saturated rings. The molecule has 0 bridgehead atoms. The van der Waals surface area contributed by atoms with Crippen LogP contribution in [0.1, 0.15) is 34.2 Å². The zero-order chi connectivity index (χ0) is 20.4. The Morgan fingerprint density at radius 1 is 1.29 bits per heavy atom. The highest BCUT2D eigenvalue weighted by Crippen LogP contribution is 2.23. The highest BCUT2D eigenvalue weighted by molar-refractivity contribution is 6.05. The number of carbonyl (C=O) groups is 2. The molecule has 142 valence electrons. The third-order valence-electron chi connectivity index (χ3n) is 4.28. The van der Waals surface area contributed by atoms with Gasteiger partial charge in [0.2, 0.25) is 0 Å². The van der Waals surface area contributed by atoms with Crippen molar-refractivity contribution in [1.29, 1.82) is 5.26 Å². The summed E-state index contributed by atoms with van der Waals surface area (Å²) in [5.41, 5.74) is 2.86. The Morgan fingerprint density at radius 2 is 2.00 bits per heavy atom. The van der Waals surface area contributed by atoms with E-state index in [2.05, 4.69) is 15.4 Å². The maximum absolute atomic E-state index is 12.7. The van der Waals surface area contributed by atoms with Crippen molar-refractivity contribution in [2.24, 2.45) is 7.05 Å². The fourth-order valence-corrected chi connectivity index (χ4v) is 2.93. The average molecular weight is 377 g/mol. The first-order valence-corrected chi connectivity index (χ1v) is 8.63. The lowest BCUT2D eigenvalue weighted by Crippen LogP contribution is -2.30. The van der Waals surface area contributed by atoms with Crippen LogP contribution in [0.25, 0.3) is 11.0 Å². The number of aryl methyl sites for hydroxylation is 3. The van der Waals surface area contributed by atoms with Crippen LogP contribution in [0.3, 0.4) is 0 Å². The summed E-state index contributed by atoms with van der Waals surface area (Å²) in [4.78, 5) is 29.6. The maximum Gasteiger partial charge on any atom is 0.339 e. The number of ether oxygens (including phenoxy) is 1. The predicted molar refractivity (Wildman–Crippen MR) is 103 cm³/mol. The topological polar surface area (TPSA) is 110 Å². The van der Waals surface area contributed by atoms with Gasteiger partial charge in [0.05, 0.1) is 27.9 Å². The normalized spacial score (nSPS) is 11.7. The van der Waals surface area contributed by atoms with Crippen molar-refractivity contribution in [3.05, 3.63) is 52.8 Å². The van der Waals surface area contributed by atoms with E-state index in [-0.39, 0.29) is 0 Å². The Labute approximate surface area is 161 Å².